The Morgan fingerprint density at radius 2 is 1.12 bits per heavy atom. The number of benzene rings is 7. The Balaban J connectivity index is 0.000000214. The van der Waals surface area contributed by atoms with Gasteiger partial charge in [-0.2, -0.15) is 0 Å². The second-order valence-corrected chi connectivity index (χ2v) is 19.5. The predicted octanol–water partition coefficient (Wildman–Crippen LogP) is 20.1. The van der Waals surface area contributed by atoms with Crippen molar-refractivity contribution in [3.05, 3.63) is 336 Å². The maximum Gasteiger partial charge on any atom is 0.0713 e. The average molecular weight is 989 g/mol. The van der Waals surface area contributed by atoms with Crippen molar-refractivity contribution in [1.29, 1.82) is 0 Å². The molecular weight excluding hydrogens is 917 g/mol. The van der Waals surface area contributed by atoms with E-state index in [1.807, 2.05) is 55.5 Å². The highest BCUT2D eigenvalue weighted by Gasteiger charge is 2.57. The van der Waals surface area contributed by atoms with Gasteiger partial charge >= 0.3 is 0 Å². The minimum atomic E-state index is -0.581. The Bertz CT molecular complexity index is 3400. The van der Waals surface area contributed by atoms with Crippen LogP contribution in [-0.2, 0) is 10.8 Å². The van der Waals surface area contributed by atoms with E-state index in [0.717, 1.165) is 58.7 Å². The SMILES string of the molecule is C=CC1=C(/C=C\C(=C)/C=C\C=C/C)C2(CC(C)=C(C)c3ccccc32)c2ccccc2C12C(=C)/C(=C\C/C=C\C)c1ccccc12.C=CCC.Nc1ccc(-c2ccc(N(c3ccccc3)c3ccccc3)cc2)cc1. The molecule has 0 saturated heterocycles. The lowest BCUT2D eigenvalue weighted by Crippen LogP contribution is -2.45. The third kappa shape index (κ3) is 10.4. The van der Waals surface area contributed by atoms with Gasteiger partial charge in [0.25, 0.3) is 0 Å². The van der Waals surface area contributed by atoms with E-state index in [1.54, 1.807) is 0 Å². The molecule has 3 aliphatic rings. The molecule has 3 aliphatic carbocycles. The van der Waals surface area contributed by atoms with Gasteiger partial charge in [-0.25, -0.2) is 0 Å². The highest BCUT2D eigenvalue weighted by atomic mass is 15.1. The van der Waals surface area contributed by atoms with Gasteiger partial charge < -0.3 is 10.6 Å². The van der Waals surface area contributed by atoms with Crippen LogP contribution in [0.15, 0.2) is 303 Å². The number of para-hydroxylation sites is 2. The molecule has 2 atom stereocenters. The van der Waals surface area contributed by atoms with E-state index >= 15 is 0 Å². The molecule has 0 radical (unpaired) electrons. The molecule has 2 nitrogen and oxygen atoms in total. The number of allylic oxidation sites excluding steroid dienone is 18. The van der Waals surface area contributed by atoms with Crippen LogP contribution in [0.2, 0.25) is 0 Å². The summed E-state index contributed by atoms with van der Waals surface area (Å²) in [6, 6.07) is 64.4. The van der Waals surface area contributed by atoms with Crippen molar-refractivity contribution in [2.45, 2.75) is 64.7 Å². The van der Waals surface area contributed by atoms with Gasteiger partial charge in [-0.1, -0.05) is 233 Å². The molecular formula is C74H72N2. The van der Waals surface area contributed by atoms with Gasteiger partial charge in [0.2, 0.25) is 0 Å². The van der Waals surface area contributed by atoms with E-state index in [9.17, 15) is 0 Å². The molecule has 0 amide bonds. The van der Waals surface area contributed by atoms with Gasteiger partial charge in [-0.3, -0.25) is 0 Å². The number of rotatable bonds is 12. The topological polar surface area (TPSA) is 29.3 Å². The van der Waals surface area contributed by atoms with Gasteiger partial charge in [0, 0.05) is 22.7 Å². The Hall–Kier alpha value is -8.72. The lowest BCUT2D eigenvalue weighted by atomic mass is 9.50. The summed E-state index contributed by atoms with van der Waals surface area (Å²) in [5.74, 6) is 0. The summed E-state index contributed by atoms with van der Waals surface area (Å²) in [7, 11) is 0. The summed E-state index contributed by atoms with van der Waals surface area (Å²) < 4.78 is 0. The lowest BCUT2D eigenvalue weighted by Gasteiger charge is -2.52. The quantitative estimate of drug-likeness (QED) is 0.0751. The van der Waals surface area contributed by atoms with E-state index in [2.05, 4.69) is 253 Å². The molecule has 0 aromatic heterocycles. The predicted molar refractivity (Wildman–Crippen MR) is 331 cm³/mol. The molecule has 2 unspecified atom stereocenters. The Morgan fingerprint density at radius 3 is 1.70 bits per heavy atom. The standard InChI is InChI=1S/C46H44.C24H20N2.C4H8/c1-8-11-13-21-32(4)29-30-43-39(10-3)46(35(7)37(23-14-12-9-2)38-24-16-18-26-41(38)46)44-28-20-19-27-42(44)45(43)31-33(5)34(6)36-22-15-17-25-40(36)45;25-21-15-11-19(12-16-21)20-13-17-24(18-14-20)26(22-7-3-1-4-8-22)23-9-5-2-6-10-23;1-3-4-2/h8-13,15-30H,3-4,7,14,31H2,1-2,5-6H3;1-18H,25H2;3H,1,4H2,2H3/b11-8-,12-9-,21-13-,30-29-,37-23+;;. The monoisotopic (exact) mass is 989 g/mol. The molecule has 76 heavy (non-hydrogen) atoms. The van der Waals surface area contributed by atoms with Crippen LogP contribution in [0.3, 0.4) is 0 Å². The van der Waals surface area contributed by atoms with Crippen LogP contribution in [0, 0.1) is 0 Å². The van der Waals surface area contributed by atoms with Gasteiger partial charge in [-0.15, -0.1) is 6.58 Å². The first-order chi connectivity index (χ1) is 37.1. The van der Waals surface area contributed by atoms with Crippen molar-refractivity contribution < 1.29 is 0 Å². The van der Waals surface area contributed by atoms with E-state index in [1.165, 1.54) is 66.8 Å². The molecule has 0 heterocycles. The van der Waals surface area contributed by atoms with Gasteiger partial charge in [0.1, 0.15) is 0 Å². The average Bonchev–Trinajstić information content (AvgIpc) is 3.82. The largest absolute Gasteiger partial charge is 0.399 e. The number of nitrogens with zero attached hydrogens (tertiary/aromatic N) is 1. The minimum Gasteiger partial charge on any atom is -0.399 e. The number of hydrogen-bond acceptors (Lipinski definition) is 2. The summed E-state index contributed by atoms with van der Waals surface area (Å²) in [5, 5.41) is 0. The second-order valence-electron chi connectivity index (χ2n) is 19.5. The molecule has 0 saturated carbocycles. The summed E-state index contributed by atoms with van der Waals surface area (Å²) in [4.78, 5) is 2.26. The van der Waals surface area contributed by atoms with E-state index in [4.69, 9.17) is 12.3 Å². The number of fused-ring (bicyclic) bond motifs is 7. The minimum absolute atomic E-state index is 0.415. The first kappa shape index (κ1) is 53.6. The van der Waals surface area contributed by atoms with Crippen molar-refractivity contribution in [1.82, 2.24) is 0 Å². The van der Waals surface area contributed by atoms with Crippen LogP contribution < -0.4 is 10.6 Å². The van der Waals surface area contributed by atoms with Crippen LogP contribution in [0.25, 0.3) is 22.3 Å². The number of nitrogens with two attached hydrogens (primary N) is 1. The van der Waals surface area contributed by atoms with Gasteiger partial charge in [0.15, 0.2) is 0 Å². The van der Waals surface area contributed by atoms with Crippen LogP contribution in [0.4, 0.5) is 22.7 Å². The lowest BCUT2D eigenvalue weighted by molar-refractivity contribution is 0.542. The van der Waals surface area contributed by atoms with Crippen molar-refractivity contribution in [2.75, 3.05) is 10.6 Å². The molecule has 378 valence electrons. The van der Waals surface area contributed by atoms with Gasteiger partial charge in [0.05, 0.1) is 10.8 Å². The first-order valence-electron chi connectivity index (χ1n) is 26.6. The maximum atomic E-state index is 5.79. The number of hydrogen-bond donors (Lipinski definition) is 1. The smallest absolute Gasteiger partial charge is 0.0713 e. The maximum absolute atomic E-state index is 5.79. The van der Waals surface area contributed by atoms with Crippen LogP contribution >= 0.6 is 0 Å². The summed E-state index contributed by atoms with van der Waals surface area (Å²) in [6.45, 7) is 28.1. The number of nitrogen functional groups attached to an aromatic ring is 1. The van der Waals surface area contributed by atoms with Crippen LogP contribution in [0.5, 0.6) is 0 Å². The van der Waals surface area contributed by atoms with E-state index in [0.29, 0.717) is 0 Å². The Morgan fingerprint density at radius 1 is 0.592 bits per heavy atom. The molecule has 0 fully saturated rings. The highest BCUT2D eigenvalue weighted by molar-refractivity contribution is 5.96. The zero-order chi connectivity index (χ0) is 53.7. The van der Waals surface area contributed by atoms with E-state index < -0.39 is 10.8 Å². The Kier molecular flexibility index (Phi) is 17.3. The van der Waals surface area contributed by atoms with Gasteiger partial charge in [-0.05, 0) is 173 Å². The molecule has 2 heteroatoms. The molecule has 0 bridgehead atoms. The summed E-state index contributed by atoms with van der Waals surface area (Å²) >= 11 is 0. The zero-order valence-electron chi connectivity index (χ0n) is 45.1. The summed E-state index contributed by atoms with van der Waals surface area (Å²) in [6.07, 6.45) is 26.2. The molecule has 2 spiro atoms. The van der Waals surface area contributed by atoms with Crippen molar-refractivity contribution in [3.63, 3.8) is 0 Å². The molecule has 2 N–H and O–H groups in total. The molecule has 0 aliphatic heterocycles. The van der Waals surface area contributed by atoms with Crippen LogP contribution in [0.1, 0.15) is 87.3 Å². The van der Waals surface area contributed by atoms with Crippen molar-refractivity contribution in [2.24, 2.45) is 0 Å². The van der Waals surface area contributed by atoms with Crippen LogP contribution in [-0.4, -0.2) is 0 Å². The van der Waals surface area contributed by atoms with Crippen molar-refractivity contribution in [3.8, 4) is 11.1 Å². The molecule has 7 aromatic carbocycles. The normalized spacial score (nSPS) is 17.9. The zero-order valence-corrected chi connectivity index (χ0v) is 45.1. The molecule has 7 aromatic rings. The third-order valence-corrected chi connectivity index (χ3v) is 15.0. The highest BCUT2D eigenvalue weighted by Crippen LogP contribution is 2.66. The third-order valence-electron chi connectivity index (χ3n) is 15.0. The fourth-order valence-electron chi connectivity index (χ4n) is 11.3. The number of anilines is 4. The first-order valence-corrected chi connectivity index (χ1v) is 26.6. The fraction of sp³-hybridized carbons (Fsp3) is 0.135. The second kappa shape index (κ2) is 24.5. The Labute approximate surface area is 454 Å². The van der Waals surface area contributed by atoms with Crippen molar-refractivity contribution >= 4 is 33.9 Å². The summed E-state index contributed by atoms with van der Waals surface area (Å²) in [5.41, 5.74) is 27.6. The van der Waals surface area contributed by atoms with E-state index in [-0.39, 0.29) is 0 Å². The fourth-order valence-corrected chi connectivity index (χ4v) is 11.3. The molecule has 10 rings (SSSR count).